The van der Waals surface area contributed by atoms with Crippen LogP contribution in [0.1, 0.15) is 12.0 Å². The van der Waals surface area contributed by atoms with Crippen LogP contribution >= 0.6 is 11.6 Å². The van der Waals surface area contributed by atoms with E-state index in [2.05, 4.69) is 10.6 Å². The molecule has 126 valence electrons. The van der Waals surface area contributed by atoms with Gasteiger partial charge < -0.3 is 20.3 Å². The molecule has 23 heavy (non-hydrogen) atoms. The van der Waals surface area contributed by atoms with Crippen molar-refractivity contribution in [2.45, 2.75) is 19.0 Å². The van der Waals surface area contributed by atoms with Crippen LogP contribution in [0.2, 0.25) is 5.02 Å². The van der Waals surface area contributed by atoms with Gasteiger partial charge >= 0.3 is 0 Å². The van der Waals surface area contributed by atoms with Crippen LogP contribution in [0, 0.1) is 0 Å². The molecule has 1 aliphatic rings. The molecule has 0 aliphatic carbocycles. The zero-order valence-electron chi connectivity index (χ0n) is 13.2. The fourth-order valence-corrected chi connectivity index (χ4v) is 2.69. The number of ether oxygens (including phenoxy) is 1. The molecule has 6 nitrogen and oxygen atoms in total. The average molecular weight is 340 g/mol. The van der Waals surface area contributed by atoms with Gasteiger partial charge in [0.25, 0.3) is 0 Å². The van der Waals surface area contributed by atoms with E-state index >= 15 is 0 Å². The third kappa shape index (κ3) is 5.20. The van der Waals surface area contributed by atoms with Gasteiger partial charge in [0.2, 0.25) is 11.8 Å². The Bertz CT molecular complexity index is 553. The van der Waals surface area contributed by atoms with Gasteiger partial charge in [-0.1, -0.05) is 29.8 Å². The number of carbonyl (C=O) groups excluding carboxylic acids is 2. The van der Waals surface area contributed by atoms with Gasteiger partial charge in [-0.2, -0.15) is 0 Å². The van der Waals surface area contributed by atoms with E-state index in [4.69, 9.17) is 16.3 Å². The summed E-state index contributed by atoms with van der Waals surface area (Å²) in [6, 6.07) is 6.98. The SMILES string of the molecule is COCCNC(=O)CC1NCCN(Cc2ccccc2Cl)C1=O. The molecule has 2 amide bonds. The molecular weight excluding hydrogens is 318 g/mol. The lowest BCUT2D eigenvalue weighted by Crippen LogP contribution is -2.55. The lowest BCUT2D eigenvalue weighted by Gasteiger charge is -2.33. The second kappa shape index (κ2) is 8.86. The van der Waals surface area contributed by atoms with Crippen molar-refractivity contribution in [3.8, 4) is 0 Å². The van der Waals surface area contributed by atoms with Gasteiger partial charge in [-0.05, 0) is 11.6 Å². The minimum absolute atomic E-state index is 0.0712. The number of carbonyl (C=O) groups is 2. The zero-order chi connectivity index (χ0) is 16.7. The Morgan fingerprint density at radius 2 is 2.26 bits per heavy atom. The lowest BCUT2D eigenvalue weighted by atomic mass is 10.1. The molecule has 2 N–H and O–H groups in total. The molecule has 1 aromatic carbocycles. The van der Waals surface area contributed by atoms with E-state index in [1.54, 1.807) is 12.0 Å². The first-order valence-electron chi connectivity index (χ1n) is 7.63. The smallest absolute Gasteiger partial charge is 0.240 e. The summed E-state index contributed by atoms with van der Waals surface area (Å²) in [7, 11) is 1.57. The molecule has 1 aromatic rings. The van der Waals surface area contributed by atoms with Crippen molar-refractivity contribution < 1.29 is 14.3 Å². The predicted molar refractivity (Wildman–Crippen MR) is 88.2 cm³/mol. The summed E-state index contributed by atoms with van der Waals surface area (Å²) in [5.41, 5.74) is 0.910. The number of nitrogens with zero attached hydrogens (tertiary/aromatic N) is 1. The molecule has 1 aliphatic heterocycles. The molecule has 0 aromatic heterocycles. The quantitative estimate of drug-likeness (QED) is 0.721. The maximum absolute atomic E-state index is 12.5. The van der Waals surface area contributed by atoms with Gasteiger partial charge in [-0.3, -0.25) is 9.59 Å². The lowest BCUT2D eigenvalue weighted by molar-refractivity contribution is -0.138. The van der Waals surface area contributed by atoms with Gasteiger partial charge in [0.1, 0.15) is 0 Å². The number of rotatable bonds is 7. The fourth-order valence-electron chi connectivity index (χ4n) is 2.49. The van der Waals surface area contributed by atoms with E-state index in [9.17, 15) is 9.59 Å². The third-order valence-electron chi connectivity index (χ3n) is 3.72. The number of piperazine rings is 1. The molecule has 0 saturated carbocycles. The van der Waals surface area contributed by atoms with Crippen LogP contribution in [-0.2, 0) is 20.9 Å². The Morgan fingerprint density at radius 3 is 3.00 bits per heavy atom. The normalized spacial score (nSPS) is 18.1. The second-order valence-corrected chi connectivity index (χ2v) is 5.81. The van der Waals surface area contributed by atoms with Crippen LogP contribution in [0.5, 0.6) is 0 Å². The predicted octanol–water partition coefficient (Wildman–Crippen LogP) is 0.793. The van der Waals surface area contributed by atoms with Gasteiger partial charge in [0.05, 0.1) is 19.1 Å². The molecular formula is C16H22ClN3O3. The van der Waals surface area contributed by atoms with Gasteiger partial charge in [-0.25, -0.2) is 0 Å². The zero-order valence-corrected chi connectivity index (χ0v) is 13.9. The highest BCUT2D eigenvalue weighted by molar-refractivity contribution is 6.31. The topological polar surface area (TPSA) is 70.7 Å². The maximum Gasteiger partial charge on any atom is 0.240 e. The summed E-state index contributed by atoms with van der Waals surface area (Å²) in [4.78, 5) is 26.1. The number of hydrogen-bond acceptors (Lipinski definition) is 4. The number of nitrogens with one attached hydrogen (secondary N) is 2. The number of benzene rings is 1. The highest BCUT2D eigenvalue weighted by Gasteiger charge is 2.30. The molecule has 1 atom stereocenters. The maximum atomic E-state index is 12.5. The van der Waals surface area contributed by atoms with Crippen molar-refractivity contribution >= 4 is 23.4 Å². The fraction of sp³-hybridized carbons (Fsp3) is 0.500. The van der Waals surface area contributed by atoms with Crippen molar-refractivity contribution in [1.82, 2.24) is 15.5 Å². The van der Waals surface area contributed by atoms with Crippen LogP contribution in [0.3, 0.4) is 0 Å². The summed E-state index contributed by atoms with van der Waals surface area (Å²) < 4.78 is 4.88. The highest BCUT2D eigenvalue weighted by Crippen LogP contribution is 2.18. The van der Waals surface area contributed by atoms with Gasteiger partial charge in [0.15, 0.2) is 0 Å². The average Bonchev–Trinajstić information content (AvgIpc) is 2.53. The minimum atomic E-state index is -0.492. The molecule has 7 heteroatoms. The standard InChI is InChI=1S/C16H22ClN3O3/c1-23-9-7-19-15(21)10-14-16(22)20(8-6-18-14)11-12-4-2-3-5-13(12)17/h2-5,14,18H,6-11H2,1H3,(H,19,21). The highest BCUT2D eigenvalue weighted by atomic mass is 35.5. The summed E-state index contributed by atoms with van der Waals surface area (Å²) in [6.45, 7) is 2.62. The number of methoxy groups -OCH3 is 1. The van der Waals surface area contributed by atoms with E-state index in [0.717, 1.165) is 5.56 Å². The monoisotopic (exact) mass is 339 g/mol. The van der Waals surface area contributed by atoms with E-state index < -0.39 is 6.04 Å². The van der Waals surface area contributed by atoms with Crippen molar-refractivity contribution in [2.24, 2.45) is 0 Å². The Hall–Kier alpha value is -1.63. The Kier molecular flexibility index (Phi) is 6.83. The van der Waals surface area contributed by atoms with Crippen molar-refractivity contribution in [3.05, 3.63) is 34.9 Å². The van der Waals surface area contributed by atoms with Crippen molar-refractivity contribution in [1.29, 1.82) is 0 Å². The summed E-state index contributed by atoms with van der Waals surface area (Å²) in [6.07, 6.45) is 0.127. The van der Waals surface area contributed by atoms with E-state index in [1.165, 1.54) is 0 Å². The summed E-state index contributed by atoms with van der Waals surface area (Å²) >= 11 is 6.15. The largest absolute Gasteiger partial charge is 0.383 e. The Labute approximate surface area is 141 Å². The minimum Gasteiger partial charge on any atom is -0.383 e. The molecule has 1 fully saturated rings. The molecule has 2 rings (SSSR count). The molecule has 1 unspecified atom stereocenters. The molecule has 1 heterocycles. The van der Waals surface area contributed by atoms with Crippen molar-refractivity contribution in [3.63, 3.8) is 0 Å². The molecule has 1 saturated heterocycles. The Morgan fingerprint density at radius 1 is 1.48 bits per heavy atom. The van der Waals surface area contributed by atoms with Crippen LogP contribution in [-0.4, -0.2) is 56.1 Å². The molecule has 0 spiro atoms. The third-order valence-corrected chi connectivity index (χ3v) is 4.09. The molecule has 0 bridgehead atoms. The second-order valence-electron chi connectivity index (χ2n) is 5.40. The van der Waals surface area contributed by atoms with Crippen molar-refractivity contribution in [2.75, 3.05) is 33.4 Å². The first kappa shape index (κ1) is 17.7. The molecule has 0 radical (unpaired) electrons. The number of halogens is 1. The van der Waals surface area contributed by atoms with Crippen LogP contribution < -0.4 is 10.6 Å². The Balaban J connectivity index is 1.90. The van der Waals surface area contributed by atoms with Gasteiger partial charge in [0, 0.05) is 38.3 Å². The van der Waals surface area contributed by atoms with Crippen LogP contribution in [0.25, 0.3) is 0 Å². The van der Waals surface area contributed by atoms with Crippen LogP contribution in [0.4, 0.5) is 0 Å². The first-order valence-corrected chi connectivity index (χ1v) is 8.01. The van der Waals surface area contributed by atoms with E-state index in [0.29, 0.717) is 37.8 Å². The van der Waals surface area contributed by atoms with E-state index in [-0.39, 0.29) is 18.2 Å². The van der Waals surface area contributed by atoms with Gasteiger partial charge in [-0.15, -0.1) is 0 Å². The first-order chi connectivity index (χ1) is 11.1. The summed E-state index contributed by atoms with van der Waals surface area (Å²) in [5.74, 6) is -0.231. The summed E-state index contributed by atoms with van der Waals surface area (Å²) in [5, 5.41) is 6.48. The van der Waals surface area contributed by atoms with Crippen LogP contribution in [0.15, 0.2) is 24.3 Å². The number of hydrogen-bond donors (Lipinski definition) is 2. The number of amides is 2. The van der Waals surface area contributed by atoms with E-state index in [1.807, 2.05) is 24.3 Å².